The first-order chi connectivity index (χ1) is 11.5. The van der Waals surface area contributed by atoms with E-state index in [9.17, 15) is 13.2 Å². The molecule has 0 aromatic heterocycles. The van der Waals surface area contributed by atoms with Gasteiger partial charge in [0.15, 0.2) is 0 Å². The summed E-state index contributed by atoms with van der Waals surface area (Å²) in [4.78, 5) is 12.3. The van der Waals surface area contributed by atoms with Crippen LogP contribution in [0.5, 0.6) is 0 Å². The summed E-state index contributed by atoms with van der Waals surface area (Å²) in [6.45, 7) is 2.48. The molecule has 0 saturated carbocycles. The van der Waals surface area contributed by atoms with Gasteiger partial charge in [-0.1, -0.05) is 0 Å². The molecule has 8 nitrogen and oxygen atoms in total. The highest BCUT2D eigenvalue weighted by Gasteiger charge is 2.39. The maximum Gasteiger partial charge on any atom is 0.252 e. The Labute approximate surface area is 156 Å². The number of sulfonamides is 1. The molecule has 0 aliphatic carbocycles. The van der Waals surface area contributed by atoms with Gasteiger partial charge >= 0.3 is 0 Å². The zero-order chi connectivity index (χ0) is 17.5. The summed E-state index contributed by atoms with van der Waals surface area (Å²) in [7, 11) is -1.91. The van der Waals surface area contributed by atoms with Gasteiger partial charge in [-0.3, -0.25) is 4.79 Å². The van der Waals surface area contributed by atoms with E-state index in [1.165, 1.54) is 7.11 Å². The van der Waals surface area contributed by atoms with Crippen LogP contribution in [0.3, 0.4) is 0 Å². The van der Waals surface area contributed by atoms with Crippen molar-refractivity contribution in [3.8, 4) is 0 Å². The molecule has 2 fully saturated rings. The van der Waals surface area contributed by atoms with Gasteiger partial charge in [-0.05, 0) is 45.2 Å². The zero-order valence-electron chi connectivity index (χ0n) is 14.7. The van der Waals surface area contributed by atoms with Crippen molar-refractivity contribution in [2.24, 2.45) is 0 Å². The Morgan fingerprint density at radius 1 is 1.32 bits per heavy atom. The average Bonchev–Trinajstić information content (AvgIpc) is 2.61. The SMILES string of the molecule is COC1(C(=O)NCCS(=O)(=O)NCC2CCCCO2)CCNCC1.Cl. The monoisotopic (exact) mass is 399 g/mol. The highest BCUT2D eigenvalue weighted by atomic mass is 35.5. The lowest BCUT2D eigenvalue weighted by molar-refractivity contribution is -0.146. The predicted octanol–water partition coefficient (Wildman–Crippen LogP) is -0.218. The number of rotatable bonds is 8. The van der Waals surface area contributed by atoms with E-state index in [4.69, 9.17) is 9.47 Å². The molecule has 1 amide bonds. The fourth-order valence-electron chi connectivity index (χ4n) is 3.07. The van der Waals surface area contributed by atoms with Crippen LogP contribution >= 0.6 is 12.4 Å². The molecule has 25 heavy (non-hydrogen) atoms. The molecule has 3 N–H and O–H groups in total. The van der Waals surface area contributed by atoms with Crippen molar-refractivity contribution in [1.29, 1.82) is 0 Å². The number of hydrogen-bond donors (Lipinski definition) is 3. The number of carbonyl (C=O) groups is 1. The van der Waals surface area contributed by atoms with E-state index < -0.39 is 15.6 Å². The fourth-order valence-corrected chi connectivity index (χ4v) is 4.03. The van der Waals surface area contributed by atoms with Crippen LogP contribution in [0.15, 0.2) is 0 Å². The molecule has 2 saturated heterocycles. The van der Waals surface area contributed by atoms with E-state index in [2.05, 4.69) is 15.4 Å². The number of hydrogen-bond acceptors (Lipinski definition) is 6. The van der Waals surface area contributed by atoms with Crippen molar-refractivity contribution in [2.45, 2.75) is 43.8 Å². The van der Waals surface area contributed by atoms with E-state index >= 15 is 0 Å². The molecule has 0 bridgehead atoms. The van der Waals surface area contributed by atoms with Gasteiger partial charge in [-0.25, -0.2) is 13.1 Å². The third-order valence-electron chi connectivity index (χ3n) is 4.68. The van der Waals surface area contributed by atoms with Crippen molar-refractivity contribution in [3.05, 3.63) is 0 Å². The molecule has 1 unspecified atom stereocenters. The second-order valence-corrected chi connectivity index (χ2v) is 8.29. The second-order valence-electron chi connectivity index (χ2n) is 6.36. The third-order valence-corrected chi connectivity index (χ3v) is 6.03. The predicted molar refractivity (Wildman–Crippen MR) is 97.5 cm³/mol. The van der Waals surface area contributed by atoms with Crippen molar-refractivity contribution in [3.63, 3.8) is 0 Å². The van der Waals surface area contributed by atoms with Gasteiger partial charge in [-0.15, -0.1) is 12.4 Å². The quantitative estimate of drug-likeness (QED) is 0.521. The molecule has 2 aliphatic heterocycles. The summed E-state index contributed by atoms with van der Waals surface area (Å²) in [5.41, 5.74) is -0.849. The minimum atomic E-state index is -3.43. The molecular weight excluding hydrogens is 370 g/mol. The van der Waals surface area contributed by atoms with Gasteiger partial charge in [-0.2, -0.15) is 0 Å². The second kappa shape index (κ2) is 10.6. The van der Waals surface area contributed by atoms with Crippen LogP contribution in [0, 0.1) is 0 Å². The summed E-state index contributed by atoms with van der Waals surface area (Å²) in [5.74, 6) is -0.388. The lowest BCUT2D eigenvalue weighted by Crippen LogP contribution is -2.54. The molecule has 2 rings (SSSR count). The van der Waals surface area contributed by atoms with Crippen LogP contribution in [0.1, 0.15) is 32.1 Å². The maximum atomic E-state index is 12.3. The smallest absolute Gasteiger partial charge is 0.252 e. The lowest BCUT2D eigenvalue weighted by atomic mass is 9.91. The summed E-state index contributed by atoms with van der Waals surface area (Å²) >= 11 is 0. The largest absolute Gasteiger partial charge is 0.377 e. The van der Waals surface area contributed by atoms with E-state index in [0.29, 0.717) is 39.1 Å². The number of amides is 1. The molecule has 0 aromatic rings. The van der Waals surface area contributed by atoms with Gasteiger partial charge in [0, 0.05) is 26.8 Å². The van der Waals surface area contributed by atoms with Gasteiger partial charge < -0.3 is 20.1 Å². The molecule has 0 radical (unpaired) electrons. The maximum absolute atomic E-state index is 12.3. The molecule has 0 aromatic carbocycles. The molecule has 148 valence electrons. The molecule has 10 heteroatoms. The molecule has 2 aliphatic rings. The first kappa shape index (κ1) is 22.6. The van der Waals surface area contributed by atoms with E-state index in [-0.39, 0.29) is 36.7 Å². The summed E-state index contributed by atoms with van der Waals surface area (Å²) < 4.78 is 37.5. The minimum absolute atomic E-state index is 0. The third kappa shape index (κ3) is 6.99. The Morgan fingerprint density at radius 2 is 2.04 bits per heavy atom. The van der Waals surface area contributed by atoms with Crippen molar-refractivity contribution >= 4 is 28.3 Å². The fraction of sp³-hybridized carbons (Fsp3) is 0.933. The number of piperidine rings is 1. The Kier molecular flexibility index (Phi) is 9.61. The van der Waals surface area contributed by atoms with Crippen LogP contribution in [0.4, 0.5) is 0 Å². The standard InChI is InChI=1S/C15H29N3O5S.ClH/c1-22-15(5-7-16-8-6-15)14(19)17-9-11-24(20,21)18-12-13-4-2-3-10-23-13;/h13,16,18H,2-12H2,1H3,(H,17,19);1H. The van der Waals surface area contributed by atoms with Gasteiger partial charge in [0.2, 0.25) is 10.0 Å². The molecular formula is C15H30ClN3O5S. The Hall–Kier alpha value is -0.450. The highest BCUT2D eigenvalue weighted by Crippen LogP contribution is 2.22. The Morgan fingerprint density at radius 3 is 2.64 bits per heavy atom. The summed E-state index contributed by atoms with van der Waals surface area (Å²) in [6, 6.07) is 0. The molecule has 1 atom stereocenters. The van der Waals surface area contributed by atoms with E-state index in [1.54, 1.807) is 0 Å². The average molecular weight is 400 g/mol. The first-order valence-electron chi connectivity index (χ1n) is 8.60. The van der Waals surface area contributed by atoms with Crippen LogP contribution < -0.4 is 15.4 Å². The highest BCUT2D eigenvalue weighted by molar-refractivity contribution is 7.89. The van der Waals surface area contributed by atoms with Gasteiger partial charge in [0.05, 0.1) is 11.9 Å². The number of carbonyl (C=O) groups excluding carboxylic acids is 1. The van der Waals surface area contributed by atoms with Crippen LogP contribution in [0.25, 0.3) is 0 Å². The zero-order valence-corrected chi connectivity index (χ0v) is 16.3. The molecule has 2 heterocycles. The van der Waals surface area contributed by atoms with Crippen molar-refractivity contribution < 1.29 is 22.7 Å². The Balaban J connectivity index is 0.00000312. The topological polar surface area (TPSA) is 106 Å². The van der Waals surface area contributed by atoms with Crippen molar-refractivity contribution in [1.82, 2.24) is 15.4 Å². The normalized spacial score (nSPS) is 23.5. The number of ether oxygens (including phenoxy) is 2. The Bertz CT molecular complexity index is 505. The number of methoxy groups -OCH3 is 1. The van der Waals surface area contributed by atoms with Gasteiger partial charge in [0.1, 0.15) is 5.60 Å². The summed E-state index contributed by atoms with van der Waals surface area (Å²) in [5, 5.41) is 5.88. The molecule has 0 spiro atoms. The number of halogens is 1. The first-order valence-corrected chi connectivity index (χ1v) is 10.3. The van der Waals surface area contributed by atoms with Gasteiger partial charge in [0.25, 0.3) is 5.91 Å². The van der Waals surface area contributed by atoms with Crippen molar-refractivity contribution in [2.75, 3.05) is 45.6 Å². The van der Waals surface area contributed by atoms with E-state index in [0.717, 1.165) is 19.3 Å². The van der Waals surface area contributed by atoms with Crippen LogP contribution in [0.2, 0.25) is 0 Å². The lowest BCUT2D eigenvalue weighted by Gasteiger charge is -2.34. The van der Waals surface area contributed by atoms with Crippen LogP contribution in [-0.2, 0) is 24.3 Å². The number of nitrogens with one attached hydrogen (secondary N) is 3. The minimum Gasteiger partial charge on any atom is -0.377 e. The summed E-state index contributed by atoms with van der Waals surface area (Å²) in [6.07, 6.45) is 4.10. The van der Waals surface area contributed by atoms with Crippen LogP contribution in [-0.4, -0.2) is 71.7 Å². The van der Waals surface area contributed by atoms with E-state index in [1.807, 2.05) is 0 Å².